The number of nitrogens with two attached hydrogens (primary N) is 1. The SMILES string of the molecule is CN(C)C=O.CN1CCN(C2CCC(C[C@H](N)C(=O)N3CCC(F)(F)C3)CC2)C1=O. The second-order valence-corrected chi connectivity index (χ2v) is 8.85. The lowest BCUT2D eigenvalue weighted by Crippen LogP contribution is -2.45. The average Bonchev–Trinajstić information content (AvgIpc) is 3.24. The highest BCUT2D eigenvalue weighted by Crippen LogP contribution is 2.32. The van der Waals surface area contributed by atoms with Crippen molar-refractivity contribution in [2.45, 2.75) is 56.5 Å². The van der Waals surface area contributed by atoms with Crippen LogP contribution in [0.3, 0.4) is 0 Å². The van der Waals surface area contributed by atoms with E-state index in [1.807, 2.05) is 11.9 Å². The summed E-state index contributed by atoms with van der Waals surface area (Å²) in [5, 5.41) is 0. The number of halogens is 2. The van der Waals surface area contributed by atoms with E-state index in [1.54, 1.807) is 19.0 Å². The molecule has 30 heavy (non-hydrogen) atoms. The van der Waals surface area contributed by atoms with Gasteiger partial charge >= 0.3 is 6.03 Å². The topological polar surface area (TPSA) is 90.2 Å². The minimum Gasteiger partial charge on any atom is -0.351 e. The molecule has 0 aromatic carbocycles. The fourth-order valence-electron chi connectivity index (χ4n) is 4.32. The molecule has 1 atom stereocenters. The van der Waals surface area contributed by atoms with E-state index in [1.165, 1.54) is 9.80 Å². The number of alkyl halides is 2. The fraction of sp³-hybridized carbons (Fsp3) is 0.850. The normalized spacial score (nSPS) is 26.9. The summed E-state index contributed by atoms with van der Waals surface area (Å²) in [5.41, 5.74) is 6.01. The number of urea groups is 1. The number of carbonyl (C=O) groups excluding carboxylic acids is 3. The Balaban J connectivity index is 0.000000575. The van der Waals surface area contributed by atoms with Crippen LogP contribution in [-0.4, -0.2) is 103 Å². The minimum atomic E-state index is -2.77. The zero-order chi connectivity index (χ0) is 22.5. The Hall–Kier alpha value is -1.97. The minimum absolute atomic E-state index is 0.0941. The molecule has 10 heteroatoms. The highest BCUT2D eigenvalue weighted by Gasteiger charge is 2.42. The van der Waals surface area contributed by atoms with E-state index in [0.29, 0.717) is 12.3 Å². The first kappa shape index (κ1) is 24.3. The largest absolute Gasteiger partial charge is 0.351 e. The predicted octanol–water partition coefficient (Wildman–Crippen LogP) is 1.20. The molecule has 0 aromatic heterocycles. The van der Waals surface area contributed by atoms with Crippen LogP contribution in [0.15, 0.2) is 0 Å². The Morgan fingerprint density at radius 2 is 1.83 bits per heavy atom. The lowest BCUT2D eigenvalue weighted by atomic mass is 9.82. The molecule has 8 nitrogen and oxygen atoms in total. The summed E-state index contributed by atoms with van der Waals surface area (Å²) in [6, 6.07) is -0.321. The van der Waals surface area contributed by atoms with Crippen LogP contribution in [0, 0.1) is 5.92 Å². The van der Waals surface area contributed by atoms with Crippen LogP contribution in [0.4, 0.5) is 13.6 Å². The molecule has 0 spiro atoms. The fourth-order valence-corrected chi connectivity index (χ4v) is 4.32. The standard InChI is InChI=1S/C17H28F2N4O2.C3H7NO/c1-21-8-9-23(16(21)25)13-4-2-12(3-5-13)10-14(20)15(24)22-7-6-17(18,19)11-22;1-4(2)3-5/h12-14H,2-11,20H2,1H3;3H,1-2H3/t12?,13?,14-;/m0./s1. The molecule has 3 aliphatic rings. The van der Waals surface area contributed by atoms with E-state index in [0.717, 1.165) is 45.2 Å². The number of likely N-dealkylation sites (tertiary alicyclic amines) is 1. The third kappa shape index (κ3) is 6.52. The number of amides is 4. The van der Waals surface area contributed by atoms with E-state index in [2.05, 4.69) is 0 Å². The van der Waals surface area contributed by atoms with Gasteiger partial charge in [0.2, 0.25) is 12.3 Å². The first-order valence-corrected chi connectivity index (χ1v) is 10.6. The summed E-state index contributed by atoms with van der Waals surface area (Å²) in [6.45, 7) is 1.15. The smallest absolute Gasteiger partial charge is 0.320 e. The molecule has 1 aliphatic carbocycles. The summed E-state index contributed by atoms with van der Waals surface area (Å²) >= 11 is 0. The van der Waals surface area contributed by atoms with Crippen molar-refractivity contribution in [3.05, 3.63) is 0 Å². The van der Waals surface area contributed by atoms with Crippen molar-refractivity contribution >= 4 is 18.3 Å². The van der Waals surface area contributed by atoms with Crippen LogP contribution >= 0.6 is 0 Å². The number of likely N-dealkylation sites (N-methyl/N-ethyl adjacent to an activating group) is 1. The summed E-state index contributed by atoms with van der Waals surface area (Å²) < 4.78 is 26.5. The van der Waals surface area contributed by atoms with Gasteiger partial charge < -0.3 is 25.3 Å². The van der Waals surface area contributed by atoms with E-state index in [9.17, 15) is 23.2 Å². The number of nitrogens with zero attached hydrogens (tertiary/aromatic N) is 4. The molecule has 0 aromatic rings. The van der Waals surface area contributed by atoms with Crippen molar-refractivity contribution in [3.8, 4) is 0 Å². The van der Waals surface area contributed by atoms with Crippen molar-refractivity contribution in [1.82, 2.24) is 19.6 Å². The Morgan fingerprint density at radius 1 is 1.23 bits per heavy atom. The maximum atomic E-state index is 13.3. The number of hydrogen-bond donors (Lipinski definition) is 1. The van der Waals surface area contributed by atoms with Gasteiger partial charge in [-0.3, -0.25) is 9.59 Å². The van der Waals surface area contributed by atoms with Gasteiger partial charge in [0.25, 0.3) is 5.92 Å². The van der Waals surface area contributed by atoms with E-state index < -0.39 is 18.5 Å². The third-order valence-corrected chi connectivity index (χ3v) is 6.10. The van der Waals surface area contributed by atoms with Gasteiger partial charge in [-0.2, -0.15) is 0 Å². The van der Waals surface area contributed by atoms with Gasteiger partial charge in [0.1, 0.15) is 0 Å². The lowest BCUT2D eigenvalue weighted by molar-refractivity contribution is -0.133. The zero-order valence-electron chi connectivity index (χ0n) is 18.2. The second kappa shape index (κ2) is 10.4. The highest BCUT2D eigenvalue weighted by molar-refractivity contribution is 5.82. The van der Waals surface area contributed by atoms with Gasteiger partial charge in [-0.25, -0.2) is 13.6 Å². The van der Waals surface area contributed by atoms with Crippen LogP contribution in [0.5, 0.6) is 0 Å². The first-order chi connectivity index (χ1) is 14.0. The van der Waals surface area contributed by atoms with E-state index in [4.69, 9.17) is 5.73 Å². The number of hydrogen-bond acceptors (Lipinski definition) is 4. The van der Waals surface area contributed by atoms with Gasteiger partial charge in [0.15, 0.2) is 0 Å². The molecule has 3 fully saturated rings. The Labute approximate surface area is 177 Å². The molecule has 2 aliphatic heterocycles. The molecule has 1 saturated carbocycles. The quantitative estimate of drug-likeness (QED) is 0.663. The molecule has 4 amide bonds. The van der Waals surface area contributed by atoms with Crippen molar-refractivity contribution < 1.29 is 23.2 Å². The van der Waals surface area contributed by atoms with Crippen LogP contribution in [0.2, 0.25) is 0 Å². The molecule has 172 valence electrons. The molecule has 0 bridgehead atoms. The third-order valence-electron chi connectivity index (χ3n) is 6.10. The average molecular weight is 432 g/mol. The first-order valence-electron chi connectivity index (χ1n) is 10.6. The van der Waals surface area contributed by atoms with Gasteiger partial charge in [-0.1, -0.05) is 0 Å². The summed E-state index contributed by atoms with van der Waals surface area (Å²) in [5.74, 6) is -2.80. The van der Waals surface area contributed by atoms with Gasteiger partial charge in [-0.15, -0.1) is 0 Å². The Kier molecular flexibility index (Phi) is 8.40. The lowest BCUT2D eigenvalue weighted by Gasteiger charge is -2.35. The molecular formula is C20H35F2N5O3. The Bertz CT molecular complexity index is 611. The van der Waals surface area contributed by atoms with Crippen molar-refractivity contribution in [3.63, 3.8) is 0 Å². The molecular weight excluding hydrogens is 396 g/mol. The van der Waals surface area contributed by atoms with Crippen LogP contribution in [0.25, 0.3) is 0 Å². The molecule has 0 radical (unpaired) electrons. The van der Waals surface area contributed by atoms with Gasteiger partial charge in [0.05, 0.1) is 12.6 Å². The maximum Gasteiger partial charge on any atom is 0.320 e. The van der Waals surface area contributed by atoms with Crippen molar-refractivity contribution in [1.29, 1.82) is 0 Å². The summed E-state index contributed by atoms with van der Waals surface area (Å²) in [7, 11) is 5.19. The maximum absolute atomic E-state index is 13.3. The summed E-state index contributed by atoms with van der Waals surface area (Å²) in [4.78, 5) is 40.1. The van der Waals surface area contributed by atoms with Crippen molar-refractivity contribution in [2.75, 3.05) is 47.3 Å². The van der Waals surface area contributed by atoms with Crippen LogP contribution in [0.1, 0.15) is 38.5 Å². The molecule has 2 heterocycles. The second-order valence-electron chi connectivity index (χ2n) is 8.85. The van der Waals surface area contributed by atoms with Crippen molar-refractivity contribution in [2.24, 2.45) is 11.7 Å². The van der Waals surface area contributed by atoms with E-state index >= 15 is 0 Å². The van der Waals surface area contributed by atoms with Gasteiger partial charge in [0, 0.05) is 53.2 Å². The van der Waals surface area contributed by atoms with Gasteiger partial charge in [-0.05, 0) is 38.0 Å². The molecule has 0 unspecified atom stereocenters. The molecule has 2 N–H and O–H groups in total. The summed E-state index contributed by atoms with van der Waals surface area (Å²) in [6.07, 6.45) is 4.72. The number of rotatable bonds is 5. The van der Waals surface area contributed by atoms with Crippen LogP contribution < -0.4 is 5.73 Å². The molecule has 3 rings (SSSR count). The highest BCUT2D eigenvalue weighted by atomic mass is 19.3. The monoisotopic (exact) mass is 431 g/mol. The zero-order valence-corrected chi connectivity index (χ0v) is 18.2. The van der Waals surface area contributed by atoms with E-state index in [-0.39, 0.29) is 30.9 Å². The van der Waals surface area contributed by atoms with Crippen LogP contribution in [-0.2, 0) is 9.59 Å². The molecule has 2 saturated heterocycles. The Morgan fingerprint density at radius 3 is 2.27 bits per heavy atom. The number of carbonyl (C=O) groups is 3. The predicted molar refractivity (Wildman–Crippen MR) is 109 cm³/mol.